The zero-order valence-electron chi connectivity index (χ0n) is 17.0. The molecule has 0 saturated carbocycles. The Morgan fingerprint density at radius 3 is 2.54 bits per heavy atom. The molecule has 0 bridgehead atoms. The summed E-state index contributed by atoms with van der Waals surface area (Å²) in [5.74, 6) is 0.815. The minimum absolute atomic E-state index is 0.263. The Morgan fingerprint density at radius 2 is 1.96 bits per heavy atom. The van der Waals surface area contributed by atoms with Crippen molar-refractivity contribution in [1.82, 2.24) is 14.8 Å². The van der Waals surface area contributed by atoms with E-state index in [0.717, 1.165) is 38.3 Å². The van der Waals surface area contributed by atoms with Crippen molar-refractivity contribution in [2.75, 3.05) is 31.9 Å². The van der Waals surface area contributed by atoms with Gasteiger partial charge in [0.15, 0.2) is 9.84 Å². The number of sulfone groups is 1. The monoisotopic (exact) mass is 381 g/mol. The first kappa shape index (κ1) is 21.3. The van der Waals surface area contributed by atoms with Crippen LogP contribution in [-0.4, -0.2) is 66.4 Å². The van der Waals surface area contributed by atoms with Gasteiger partial charge in [-0.05, 0) is 38.3 Å². The van der Waals surface area contributed by atoms with E-state index in [0.29, 0.717) is 18.5 Å². The molecule has 2 atom stereocenters. The summed E-state index contributed by atoms with van der Waals surface area (Å²) in [5.41, 5.74) is 2.29. The van der Waals surface area contributed by atoms with Crippen molar-refractivity contribution in [2.24, 2.45) is 5.92 Å². The smallest absolute Gasteiger partial charge is 0.153 e. The van der Waals surface area contributed by atoms with Crippen molar-refractivity contribution in [2.45, 2.75) is 58.9 Å². The van der Waals surface area contributed by atoms with E-state index < -0.39 is 9.84 Å². The normalized spacial score (nSPS) is 21.2. The highest BCUT2D eigenvalue weighted by atomic mass is 32.2. The van der Waals surface area contributed by atoms with Gasteiger partial charge in [0.1, 0.15) is 0 Å². The second-order valence-corrected chi connectivity index (χ2v) is 10.6. The summed E-state index contributed by atoms with van der Waals surface area (Å²) in [7, 11) is -2.98. The topological polar surface area (TPSA) is 53.5 Å². The van der Waals surface area contributed by atoms with Gasteiger partial charge in [-0.2, -0.15) is 0 Å². The molecular formula is C20H35N3O2S. The molecule has 1 aromatic heterocycles. The fraction of sp³-hybridized carbons (Fsp3) is 0.750. The summed E-state index contributed by atoms with van der Waals surface area (Å²) in [4.78, 5) is 9.28. The lowest BCUT2D eigenvalue weighted by atomic mass is 9.95. The van der Waals surface area contributed by atoms with Gasteiger partial charge >= 0.3 is 0 Å². The fourth-order valence-corrected chi connectivity index (χ4v) is 4.43. The molecule has 0 radical (unpaired) electrons. The number of hydrogen-bond donors (Lipinski definition) is 0. The van der Waals surface area contributed by atoms with Crippen LogP contribution in [0.25, 0.3) is 0 Å². The summed E-state index contributed by atoms with van der Waals surface area (Å²) in [6.45, 7) is 14.5. The van der Waals surface area contributed by atoms with Crippen molar-refractivity contribution >= 4 is 9.84 Å². The van der Waals surface area contributed by atoms with E-state index in [9.17, 15) is 8.42 Å². The van der Waals surface area contributed by atoms with Gasteiger partial charge in [0, 0.05) is 50.7 Å². The third-order valence-corrected chi connectivity index (χ3v) is 7.87. The highest BCUT2D eigenvalue weighted by Crippen LogP contribution is 2.21. The molecule has 1 saturated heterocycles. The zero-order valence-corrected chi connectivity index (χ0v) is 17.8. The van der Waals surface area contributed by atoms with Crippen molar-refractivity contribution in [3.05, 3.63) is 29.6 Å². The summed E-state index contributed by atoms with van der Waals surface area (Å²) >= 11 is 0. The lowest BCUT2D eigenvalue weighted by Gasteiger charge is -2.44. The first-order valence-electron chi connectivity index (χ1n) is 9.82. The molecule has 0 amide bonds. The Labute approximate surface area is 159 Å². The number of hydrogen-bond acceptors (Lipinski definition) is 5. The van der Waals surface area contributed by atoms with Crippen LogP contribution in [0.1, 0.15) is 45.4 Å². The second-order valence-electron chi connectivity index (χ2n) is 7.95. The molecule has 0 unspecified atom stereocenters. The fourth-order valence-electron chi connectivity index (χ4n) is 3.47. The van der Waals surface area contributed by atoms with Crippen LogP contribution >= 0.6 is 0 Å². The minimum atomic E-state index is -2.98. The average molecular weight is 382 g/mol. The van der Waals surface area contributed by atoms with Gasteiger partial charge in [-0.3, -0.25) is 14.8 Å². The number of aryl methyl sites for hydroxylation is 1. The molecular weight excluding hydrogens is 346 g/mol. The van der Waals surface area contributed by atoms with Crippen LogP contribution in [0, 0.1) is 12.8 Å². The first-order chi connectivity index (χ1) is 12.2. The van der Waals surface area contributed by atoms with Gasteiger partial charge in [-0.15, -0.1) is 0 Å². The summed E-state index contributed by atoms with van der Waals surface area (Å²) in [6.07, 6.45) is 3.08. The molecule has 0 spiro atoms. The van der Waals surface area contributed by atoms with Crippen molar-refractivity contribution in [3.8, 4) is 0 Å². The molecule has 5 nitrogen and oxygen atoms in total. The molecule has 2 heterocycles. The molecule has 0 aromatic carbocycles. The molecule has 1 aromatic rings. The second kappa shape index (κ2) is 9.29. The van der Waals surface area contributed by atoms with Gasteiger partial charge in [-0.25, -0.2) is 8.42 Å². The third kappa shape index (κ3) is 5.76. The number of pyridine rings is 1. The van der Waals surface area contributed by atoms with Gasteiger partial charge in [0.2, 0.25) is 0 Å². The summed E-state index contributed by atoms with van der Waals surface area (Å²) in [6, 6.07) is 4.63. The quantitative estimate of drug-likeness (QED) is 0.693. The van der Waals surface area contributed by atoms with E-state index >= 15 is 0 Å². The van der Waals surface area contributed by atoms with E-state index in [1.165, 1.54) is 5.56 Å². The van der Waals surface area contributed by atoms with Crippen LogP contribution < -0.4 is 0 Å². The van der Waals surface area contributed by atoms with Crippen molar-refractivity contribution in [3.63, 3.8) is 0 Å². The number of aromatic nitrogens is 1. The van der Waals surface area contributed by atoms with Crippen LogP contribution in [0.3, 0.4) is 0 Å². The van der Waals surface area contributed by atoms with Gasteiger partial charge < -0.3 is 0 Å². The first-order valence-corrected chi connectivity index (χ1v) is 11.5. The van der Waals surface area contributed by atoms with Crippen LogP contribution in [0.15, 0.2) is 18.3 Å². The molecule has 148 valence electrons. The molecule has 6 heteroatoms. The zero-order chi connectivity index (χ0) is 19.3. The van der Waals surface area contributed by atoms with Crippen molar-refractivity contribution in [1.29, 1.82) is 0 Å². The Balaban J connectivity index is 2.00. The minimum Gasteiger partial charge on any atom is -0.297 e. The molecule has 0 aliphatic carbocycles. The van der Waals surface area contributed by atoms with E-state index in [-0.39, 0.29) is 11.0 Å². The van der Waals surface area contributed by atoms with Crippen LogP contribution in [0.4, 0.5) is 0 Å². The predicted molar refractivity (Wildman–Crippen MR) is 108 cm³/mol. The van der Waals surface area contributed by atoms with E-state index in [2.05, 4.69) is 40.8 Å². The van der Waals surface area contributed by atoms with Gasteiger partial charge in [-0.1, -0.05) is 26.3 Å². The molecule has 1 fully saturated rings. The third-order valence-electron chi connectivity index (χ3n) is 5.68. The maximum absolute atomic E-state index is 12.2. The lowest BCUT2D eigenvalue weighted by Crippen LogP contribution is -2.56. The highest BCUT2D eigenvalue weighted by molar-refractivity contribution is 7.92. The number of nitrogens with zero attached hydrogens (tertiary/aromatic N) is 3. The molecule has 26 heavy (non-hydrogen) atoms. The van der Waals surface area contributed by atoms with Gasteiger partial charge in [0.25, 0.3) is 0 Å². The van der Waals surface area contributed by atoms with Gasteiger partial charge in [0.05, 0.1) is 11.0 Å². The highest BCUT2D eigenvalue weighted by Gasteiger charge is 2.31. The van der Waals surface area contributed by atoms with E-state index in [4.69, 9.17) is 0 Å². The molecule has 0 N–H and O–H groups in total. The summed E-state index contributed by atoms with van der Waals surface area (Å²) < 4.78 is 24.4. The number of rotatable bonds is 8. The SMILES string of the molecule is CC[C@H](C)[C@@H]1CN(Cc2ccc(C)nc2)CCN1CCS(=O)(=O)C(C)C. The van der Waals surface area contributed by atoms with Crippen molar-refractivity contribution < 1.29 is 8.42 Å². The Bertz CT molecular complexity index is 658. The molecule has 2 rings (SSSR count). The Kier molecular flexibility index (Phi) is 7.62. The summed E-state index contributed by atoms with van der Waals surface area (Å²) in [5, 5.41) is -0.292. The Hall–Kier alpha value is -0.980. The maximum atomic E-state index is 12.2. The molecule has 1 aliphatic rings. The largest absolute Gasteiger partial charge is 0.297 e. The standard InChI is InChI=1S/C20H35N3O2S/c1-6-17(4)20-15-22(14-19-8-7-18(5)21-13-19)9-10-23(20)11-12-26(24,25)16(2)3/h7-8,13,16-17,20H,6,9-12,14-15H2,1-5H3/t17-,20-/m0/s1. The lowest BCUT2D eigenvalue weighted by molar-refractivity contribution is 0.0452. The maximum Gasteiger partial charge on any atom is 0.153 e. The average Bonchev–Trinajstić information content (AvgIpc) is 2.61. The Morgan fingerprint density at radius 1 is 1.23 bits per heavy atom. The van der Waals surface area contributed by atoms with Crippen LogP contribution in [0.2, 0.25) is 0 Å². The van der Waals surface area contributed by atoms with Crippen LogP contribution in [-0.2, 0) is 16.4 Å². The van der Waals surface area contributed by atoms with E-state index in [1.807, 2.05) is 13.1 Å². The van der Waals surface area contributed by atoms with Crippen LogP contribution in [0.5, 0.6) is 0 Å². The number of piperazine rings is 1. The molecule has 1 aliphatic heterocycles. The van der Waals surface area contributed by atoms with E-state index in [1.54, 1.807) is 13.8 Å². The predicted octanol–water partition coefficient (Wildman–Crippen LogP) is 2.75.